The third-order valence-electron chi connectivity index (χ3n) is 5.66. The predicted molar refractivity (Wildman–Crippen MR) is 120 cm³/mol. The minimum atomic E-state index is -0.347. The second kappa shape index (κ2) is 6.96. The molecule has 4 aromatic rings. The molecule has 0 saturated heterocycles. The van der Waals surface area contributed by atoms with Gasteiger partial charge in [-0.15, -0.1) is 11.8 Å². The molecule has 154 valence electrons. The maximum atomic E-state index is 13.3. The molecule has 0 spiro atoms. The van der Waals surface area contributed by atoms with Gasteiger partial charge >= 0.3 is 5.69 Å². The van der Waals surface area contributed by atoms with Crippen LogP contribution >= 0.6 is 23.4 Å². The van der Waals surface area contributed by atoms with Crippen molar-refractivity contribution in [2.75, 3.05) is 0 Å². The van der Waals surface area contributed by atoms with Gasteiger partial charge in [-0.2, -0.15) is 0 Å². The van der Waals surface area contributed by atoms with E-state index in [1.165, 1.54) is 11.6 Å². The normalized spacial score (nSPS) is 18.7. The van der Waals surface area contributed by atoms with Crippen molar-refractivity contribution in [1.29, 1.82) is 0 Å². The number of rotatable bonds is 2. The summed E-state index contributed by atoms with van der Waals surface area (Å²) in [6, 6.07) is 13.4. The van der Waals surface area contributed by atoms with E-state index in [1.807, 2.05) is 36.4 Å². The van der Waals surface area contributed by atoms with Gasteiger partial charge < -0.3 is 8.98 Å². The van der Waals surface area contributed by atoms with Crippen LogP contribution in [0.15, 0.2) is 56.5 Å². The summed E-state index contributed by atoms with van der Waals surface area (Å²) in [6.07, 6.45) is 0. The molecular weight excluding hydrogens is 422 g/mol. The Morgan fingerprint density at radius 3 is 2.47 bits per heavy atom. The van der Waals surface area contributed by atoms with Crippen LogP contribution in [0.5, 0.6) is 0 Å². The Morgan fingerprint density at radius 1 is 1.07 bits per heavy atom. The van der Waals surface area contributed by atoms with E-state index in [4.69, 9.17) is 16.0 Å². The Kier molecular flexibility index (Phi) is 4.48. The number of fused-ring (bicyclic) bond motifs is 3. The van der Waals surface area contributed by atoms with E-state index < -0.39 is 0 Å². The average molecular weight is 442 g/mol. The molecule has 3 aromatic heterocycles. The van der Waals surface area contributed by atoms with Gasteiger partial charge in [-0.25, -0.2) is 4.79 Å². The van der Waals surface area contributed by atoms with Crippen LogP contribution in [0.1, 0.15) is 23.6 Å². The van der Waals surface area contributed by atoms with Crippen LogP contribution in [0.2, 0.25) is 5.22 Å². The summed E-state index contributed by atoms with van der Waals surface area (Å²) in [5.41, 5.74) is 2.70. The molecular formula is C22H20ClN3O3S. The second-order valence-corrected chi connectivity index (χ2v) is 9.53. The summed E-state index contributed by atoms with van der Waals surface area (Å²) < 4.78 is 10.7. The molecule has 0 fully saturated rings. The monoisotopic (exact) mass is 441 g/mol. The number of aryl methyl sites for hydroxylation is 1. The van der Waals surface area contributed by atoms with E-state index in [9.17, 15) is 9.59 Å². The SMILES string of the molecule is C[C@H]1Cn2c(-c3ccccc3)c3c(=O)n(C)c(=O)n(C)c3c2C(c2ccc(Cl)o2)S1. The quantitative estimate of drug-likeness (QED) is 0.468. The highest BCUT2D eigenvalue weighted by molar-refractivity contribution is 8.00. The molecule has 1 aliphatic rings. The van der Waals surface area contributed by atoms with Crippen molar-refractivity contribution in [2.45, 2.75) is 24.0 Å². The van der Waals surface area contributed by atoms with Crippen molar-refractivity contribution >= 4 is 34.3 Å². The number of hydrogen-bond acceptors (Lipinski definition) is 4. The molecule has 1 aliphatic heterocycles. The van der Waals surface area contributed by atoms with Crippen LogP contribution in [0.25, 0.3) is 22.2 Å². The molecule has 0 saturated carbocycles. The lowest BCUT2D eigenvalue weighted by atomic mass is 10.1. The van der Waals surface area contributed by atoms with Gasteiger partial charge in [0.1, 0.15) is 11.0 Å². The summed E-state index contributed by atoms with van der Waals surface area (Å²) in [5, 5.41) is 0.966. The Morgan fingerprint density at radius 2 is 1.80 bits per heavy atom. The third-order valence-corrected chi connectivity index (χ3v) is 7.21. The maximum Gasteiger partial charge on any atom is 0.331 e. The molecule has 5 rings (SSSR count). The zero-order valence-electron chi connectivity index (χ0n) is 16.8. The molecule has 1 unspecified atom stereocenters. The number of benzene rings is 1. The lowest BCUT2D eigenvalue weighted by molar-refractivity contribution is 0.507. The molecule has 0 N–H and O–H groups in total. The van der Waals surface area contributed by atoms with Crippen molar-refractivity contribution in [1.82, 2.24) is 13.7 Å². The number of hydrogen-bond donors (Lipinski definition) is 0. The van der Waals surface area contributed by atoms with Gasteiger partial charge in [0.15, 0.2) is 5.22 Å². The zero-order chi connectivity index (χ0) is 21.2. The molecule has 6 nitrogen and oxygen atoms in total. The third kappa shape index (κ3) is 2.72. The van der Waals surface area contributed by atoms with Crippen molar-refractivity contribution in [3.8, 4) is 11.3 Å². The number of halogens is 1. The fraction of sp³-hybridized carbons (Fsp3) is 0.273. The van der Waals surface area contributed by atoms with Crippen LogP contribution in [0, 0.1) is 0 Å². The summed E-state index contributed by atoms with van der Waals surface area (Å²) >= 11 is 7.82. The fourth-order valence-electron chi connectivity index (χ4n) is 4.36. The topological polar surface area (TPSA) is 62.1 Å². The Balaban J connectivity index is 1.98. The highest BCUT2D eigenvalue weighted by Crippen LogP contribution is 2.48. The van der Waals surface area contributed by atoms with Crippen molar-refractivity contribution < 1.29 is 4.42 Å². The van der Waals surface area contributed by atoms with Crippen LogP contribution < -0.4 is 11.2 Å². The highest BCUT2D eigenvalue weighted by Gasteiger charge is 2.36. The van der Waals surface area contributed by atoms with E-state index in [0.29, 0.717) is 21.9 Å². The predicted octanol–water partition coefficient (Wildman–Crippen LogP) is 4.18. The Hall–Kier alpha value is -2.64. The first kappa shape index (κ1) is 19.3. The van der Waals surface area contributed by atoms with Crippen LogP contribution in [-0.2, 0) is 20.6 Å². The summed E-state index contributed by atoms with van der Waals surface area (Å²) in [7, 11) is 3.24. The summed E-state index contributed by atoms with van der Waals surface area (Å²) in [5.74, 6) is 0.713. The van der Waals surface area contributed by atoms with Crippen LogP contribution in [0.4, 0.5) is 0 Å². The molecule has 0 bridgehead atoms. The minimum absolute atomic E-state index is 0.182. The first-order valence-corrected chi connectivity index (χ1v) is 11.0. The van der Waals surface area contributed by atoms with Gasteiger partial charge in [-0.1, -0.05) is 37.3 Å². The van der Waals surface area contributed by atoms with Gasteiger partial charge in [-0.05, 0) is 29.3 Å². The molecule has 0 amide bonds. The van der Waals surface area contributed by atoms with E-state index in [2.05, 4.69) is 11.5 Å². The fourth-order valence-corrected chi connectivity index (χ4v) is 5.84. The average Bonchev–Trinajstić information content (AvgIpc) is 3.32. The van der Waals surface area contributed by atoms with Crippen molar-refractivity contribution in [3.63, 3.8) is 0 Å². The summed E-state index contributed by atoms with van der Waals surface area (Å²) in [6.45, 7) is 2.88. The van der Waals surface area contributed by atoms with Gasteiger partial charge in [0.25, 0.3) is 5.56 Å². The van der Waals surface area contributed by atoms with E-state index in [0.717, 1.165) is 23.5 Å². The van der Waals surface area contributed by atoms with Crippen molar-refractivity contribution in [3.05, 3.63) is 80.0 Å². The number of aromatic nitrogens is 3. The lowest BCUT2D eigenvalue weighted by Crippen LogP contribution is -2.37. The van der Waals surface area contributed by atoms with Gasteiger partial charge in [0.2, 0.25) is 0 Å². The molecule has 0 aliphatic carbocycles. The molecule has 4 heterocycles. The minimum Gasteiger partial charge on any atom is -0.448 e. The van der Waals surface area contributed by atoms with Crippen molar-refractivity contribution in [2.24, 2.45) is 14.1 Å². The van der Waals surface area contributed by atoms with Gasteiger partial charge in [0, 0.05) is 25.9 Å². The maximum absolute atomic E-state index is 13.3. The number of nitrogens with zero attached hydrogens (tertiary/aromatic N) is 3. The van der Waals surface area contributed by atoms with E-state index in [-0.39, 0.29) is 21.7 Å². The molecule has 1 aromatic carbocycles. The van der Waals surface area contributed by atoms with Gasteiger partial charge in [-0.3, -0.25) is 13.9 Å². The first-order valence-electron chi connectivity index (χ1n) is 9.66. The summed E-state index contributed by atoms with van der Waals surface area (Å²) in [4.78, 5) is 26.1. The Bertz CT molecular complexity index is 1400. The number of furan rings is 1. The van der Waals surface area contributed by atoms with Crippen LogP contribution in [-0.4, -0.2) is 19.0 Å². The van der Waals surface area contributed by atoms with E-state index >= 15 is 0 Å². The Labute approximate surface area is 181 Å². The van der Waals surface area contributed by atoms with E-state index in [1.54, 1.807) is 29.4 Å². The van der Waals surface area contributed by atoms with Crippen LogP contribution in [0.3, 0.4) is 0 Å². The molecule has 30 heavy (non-hydrogen) atoms. The zero-order valence-corrected chi connectivity index (χ0v) is 18.3. The smallest absolute Gasteiger partial charge is 0.331 e. The molecule has 0 radical (unpaired) electrons. The molecule has 8 heteroatoms. The lowest BCUT2D eigenvalue weighted by Gasteiger charge is -2.29. The largest absolute Gasteiger partial charge is 0.448 e. The first-order chi connectivity index (χ1) is 14.4. The highest BCUT2D eigenvalue weighted by atomic mass is 35.5. The standard InChI is InChI=1S/C22H20ClN3O3S/c1-12-11-26-17(13-7-5-4-6-8-13)16-18(24(2)22(28)25(3)21(16)27)19(26)20(30-12)14-9-10-15(23)29-14/h4-10,12,20H,11H2,1-3H3/t12-,20?/m0/s1. The number of thioether (sulfide) groups is 1. The van der Waals surface area contributed by atoms with Gasteiger partial charge in [0.05, 0.1) is 22.3 Å². The second-order valence-electron chi connectivity index (χ2n) is 7.61. The molecule has 2 atom stereocenters.